The van der Waals surface area contributed by atoms with Crippen LogP contribution in [0.4, 0.5) is 14.9 Å². The zero-order chi connectivity index (χ0) is 15.3. The summed E-state index contributed by atoms with van der Waals surface area (Å²) in [5.74, 6) is -0.176. The first-order valence-corrected chi connectivity index (χ1v) is 6.35. The van der Waals surface area contributed by atoms with Crippen LogP contribution in [0.15, 0.2) is 18.2 Å². The van der Waals surface area contributed by atoms with E-state index in [1.165, 1.54) is 12.1 Å². The molecule has 0 aromatic heterocycles. The molecule has 0 aliphatic rings. The Labute approximate surface area is 118 Å². The third kappa shape index (κ3) is 5.77. The van der Waals surface area contributed by atoms with Gasteiger partial charge < -0.3 is 20.5 Å². The van der Waals surface area contributed by atoms with Gasteiger partial charge in [-0.1, -0.05) is 0 Å². The van der Waals surface area contributed by atoms with Gasteiger partial charge in [-0.25, -0.2) is 9.18 Å². The van der Waals surface area contributed by atoms with E-state index in [2.05, 4.69) is 5.32 Å². The van der Waals surface area contributed by atoms with Gasteiger partial charge in [-0.15, -0.1) is 0 Å². The van der Waals surface area contributed by atoms with E-state index in [0.29, 0.717) is 5.75 Å². The predicted molar refractivity (Wildman–Crippen MR) is 75.1 cm³/mol. The number of halogens is 1. The average Bonchev–Trinajstić information content (AvgIpc) is 2.28. The molecule has 6 heteroatoms. The summed E-state index contributed by atoms with van der Waals surface area (Å²) >= 11 is 0. The molecule has 0 aliphatic carbocycles. The summed E-state index contributed by atoms with van der Waals surface area (Å²) in [7, 11) is 0. The standard InChI is InChI=1S/C14H21FN2O3/c1-9(17-13(18)20-14(2,3)4)8-19-10-5-6-12(16)11(15)7-10/h5-7,9H,8,16H2,1-4H3,(H,17,18)/t9-/m0/s1. The van der Waals surface area contributed by atoms with E-state index >= 15 is 0 Å². The number of amides is 1. The maximum absolute atomic E-state index is 13.2. The first-order valence-electron chi connectivity index (χ1n) is 6.35. The highest BCUT2D eigenvalue weighted by Crippen LogP contribution is 2.18. The molecule has 0 fully saturated rings. The smallest absolute Gasteiger partial charge is 0.407 e. The summed E-state index contributed by atoms with van der Waals surface area (Å²) in [6.45, 7) is 7.31. The van der Waals surface area contributed by atoms with Crippen LogP contribution in [0.5, 0.6) is 5.75 Å². The number of benzene rings is 1. The number of nitrogens with two attached hydrogens (primary N) is 1. The van der Waals surface area contributed by atoms with Crippen LogP contribution in [-0.4, -0.2) is 24.3 Å². The number of anilines is 1. The van der Waals surface area contributed by atoms with Crippen molar-refractivity contribution in [2.75, 3.05) is 12.3 Å². The van der Waals surface area contributed by atoms with Gasteiger partial charge in [0.1, 0.15) is 23.8 Å². The summed E-state index contributed by atoms with van der Waals surface area (Å²) in [6.07, 6.45) is -0.517. The predicted octanol–water partition coefficient (Wildman–Crippen LogP) is 2.70. The zero-order valence-corrected chi connectivity index (χ0v) is 12.2. The van der Waals surface area contributed by atoms with Crippen molar-refractivity contribution >= 4 is 11.8 Å². The van der Waals surface area contributed by atoms with Gasteiger partial charge in [-0.05, 0) is 39.8 Å². The summed E-state index contributed by atoms with van der Waals surface area (Å²) in [6, 6.07) is 3.93. The molecule has 0 spiro atoms. The van der Waals surface area contributed by atoms with Gasteiger partial charge >= 0.3 is 6.09 Å². The van der Waals surface area contributed by atoms with Gasteiger partial charge in [0.25, 0.3) is 0 Å². The van der Waals surface area contributed by atoms with Crippen molar-refractivity contribution in [3.63, 3.8) is 0 Å². The quantitative estimate of drug-likeness (QED) is 0.834. The van der Waals surface area contributed by atoms with Crippen LogP contribution in [0.2, 0.25) is 0 Å². The number of hydrogen-bond acceptors (Lipinski definition) is 4. The molecule has 1 rings (SSSR count). The molecule has 0 bridgehead atoms. The van der Waals surface area contributed by atoms with Gasteiger partial charge in [0.2, 0.25) is 0 Å². The van der Waals surface area contributed by atoms with E-state index in [1.54, 1.807) is 33.8 Å². The molecule has 1 amide bonds. The van der Waals surface area contributed by atoms with Crippen molar-refractivity contribution in [1.82, 2.24) is 5.32 Å². The lowest BCUT2D eigenvalue weighted by molar-refractivity contribution is 0.0494. The van der Waals surface area contributed by atoms with Gasteiger partial charge in [0, 0.05) is 6.07 Å². The van der Waals surface area contributed by atoms with Gasteiger partial charge in [0.15, 0.2) is 0 Å². The summed E-state index contributed by atoms with van der Waals surface area (Å²) in [4.78, 5) is 11.5. The second kappa shape index (κ2) is 6.45. The fraction of sp³-hybridized carbons (Fsp3) is 0.500. The lowest BCUT2D eigenvalue weighted by atomic mass is 10.2. The van der Waals surface area contributed by atoms with Crippen molar-refractivity contribution in [3.05, 3.63) is 24.0 Å². The van der Waals surface area contributed by atoms with Crippen LogP contribution in [0, 0.1) is 5.82 Å². The number of rotatable bonds is 4. The topological polar surface area (TPSA) is 73.6 Å². The first kappa shape index (κ1) is 16.1. The van der Waals surface area contributed by atoms with E-state index in [1.807, 2.05) is 0 Å². The molecule has 0 unspecified atom stereocenters. The Morgan fingerprint density at radius 1 is 1.45 bits per heavy atom. The number of ether oxygens (including phenoxy) is 2. The summed E-state index contributed by atoms with van der Waals surface area (Å²) in [5, 5.41) is 2.63. The van der Waals surface area contributed by atoms with Crippen molar-refractivity contribution in [2.45, 2.75) is 39.3 Å². The maximum atomic E-state index is 13.2. The Morgan fingerprint density at radius 2 is 2.10 bits per heavy atom. The summed E-state index contributed by atoms with van der Waals surface area (Å²) < 4.78 is 23.7. The normalized spacial score (nSPS) is 12.7. The Kier molecular flexibility index (Phi) is 5.19. The molecule has 1 aromatic rings. The largest absolute Gasteiger partial charge is 0.491 e. The molecule has 0 radical (unpaired) electrons. The average molecular weight is 284 g/mol. The number of carbonyl (C=O) groups excluding carboxylic acids is 1. The van der Waals surface area contributed by atoms with E-state index in [0.717, 1.165) is 0 Å². The Hall–Kier alpha value is -1.98. The van der Waals surface area contributed by atoms with Gasteiger partial charge in [-0.3, -0.25) is 0 Å². The molecule has 0 aliphatic heterocycles. The minimum Gasteiger partial charge on any atom is -0.491 e. The van der Waals surface area contributed by atoms with Crippen molar-refractivity contribution in [2.24, 2.45) is 0 Å². The lowest BCUT2D eigenvalue weighted by Crippen LogP contribution is -2.40. The second-order valence-electron chi connectivity index (χ2n) is 5.54. The number of carbonyl (C=O) groups is 1. The van der Waals surface area contributed by atoms with Crippen molar-refractivity contribution in [3.8, 4) is 5.75 Å². The SMILES string of the molecule is C[C@@H](COc1ccc(N)c(F)c1)NC(=O)OC(C)(C)C. The molecular formula is C14H21FN2O3. The van der Waals surface area contributed by atoms with E-state index in [4.69, 9.17) is 15.2 Å². The zero-order valence-electron chi connectivity index (χ0n) is 12.2. The molecule has 1 atom stereocenters. The van der Waals surface area contributed by atoms with Crippen molar-refractivity contribution in [1.29, 1.82) is 0 Å². The first-order chi connectivity index (χ1) is 9.17. The Bertz CT molecular complexity index is 472. The van der Waals surface area contributed by atoms with E-state index < -0.39 is 17.5 Å². The van der Waals surface area contributed by atoms with Crippen LogP contribution in [0.1, 0.15) is 27.7 Å². The molecule has 112 valence electrons. The maximum Gasteiger partial charge on any atom is 0.407 e. The highest BCUT2D eigenvalue weighted by Gasteiger charge is 2.17. The Morgan fingerprint density at radius 3 is 2.65 bits per heavy atom. The highest BCUT2D eigenvalue weighted by molar-refractivity contribution is 5.68. The molecule has 0 saturated heterocycles. The van der Waals surface area contributed by atoms with Crippen LogP contribution < -0.4 is 15.8 Å². The summed E-state index contributed by atoms with van der Waals surface area (Å²) in [5.41, 5.74) is 4.88. The van der Waals surface area contributed by atoms with Crippen molar-refractivity contribution < 1.29 is 18.7 Å². The number of nitrogens with one attached hydrogen (secondary N) is 1. The third-order valence-corrected chi connectivity index (χ3v) is 2.24. The molecule has 3 N–H and O–H groups in total. The van der Waals surface area contributed by atoms with Crippen LogP contribution >= 0.6 is 0 Å². The highest BCUT2D eigenvalue weighted by atomic mass is 19.1. The van der Waals surface area contributed by atoms with Gasteiger partial charge in [0.05, 0.1) is 11.7 Å². The second-order valence-corrected chi connectivity index (χ2v) is 5.54. The number of nitrogen functional groups attached to an aromatic ring is 1. The number of alkyl carbamates (subject to hydrolysis) is 1. The van der Waals surface area contributed by atoms with Crippen LogP contribution in [0.3, 0.4) is 0 Å². The van der Waals surface area contributed by atoms with E-state index in [9.17, 15) is 9.18 Å². The molecule has 0 heterocycles. The van der Waals surface area contributed by atoms with E-state index in [-0.39, 0.29) is 18.3 Å². The molecule has 20 heavy (non-hydrogen) atoms. The Balaban J connectivity index is 2.41. The minimum atomic E-state index is -0.551. The third-order valence-electron chi connectivity index (χ3n) is 2.24. The molecule has 5 nitrogen and oxygen atoms in total. The molecular weight excluding hydrogens is 263 g/mol. The van der Waals surface area contributed by atoms with Crippen LogP contribution in [0.25, 0.3) is 0 Å². The minimum absolute atomic E-state index is 0.0669. The number of hydrogen-bond donors (Lipinski definition) is 2. The molecule has 1 aromatic carbocycles. The fourth-order valence-electron chi connectivity index (χ4n) is 1.37. The lowest BCUT2D eigenvalue weighted by Gasteiger charge is -2.22. The van der Waals surface area contributed by atoms with Crippen LogP contribution in [-0.2, 0) is 4.74 Å². The van der Waals surface area contributed by atoms with Gasteiger partial charge in [-0.2, -0.15) is 0 Å². The monoisotopic (exact) mass is 284 g/mol. The fourth-order valence-corrected chi connectivity index (χ4v) is 1.37. The molecule has 0 saturated carbocycles.